The van der Waals surface area contributed by atoms with Gasteiger partial charge in [0.2, 0.25) is 0 Å². The highest BCUT2D eigenvalue weighted by Crippen LogP contribution is 2.41. The predicted octanol–water partition coefficient (Wildman–Crippen LogP) is 3.11. The third-order valence-electron chi connectivity index (χ3n) is 3.99. The van der Waals surface area contributed by atoms with Gasteiger partial charge in [0.25, 0.3) is 5.91 Å². The normalized spacial score (nSPS) is 26.6. The van der Waals surface area contributed by atoms with Gasteiger partial charge in [-0.25, -0.2) is 0 Å². The molecule has 1 fully saturated rings. The summed E-state index contributed by atoms with van der Waals surface area (Å²) < 4.78 is 11.1. The van der Waals surface area contributed by atoms with Gasteiger partial charge in [-0.15, -0.1) is 11.6 Å². The van der Waals surface area contributed by atoms with Crippen molar-refractivity contribution >= 4 is 23.2 Å². The zero-order chi connectivity index (χ0) is 14.1. The van der Waals surface area contributed by atoms with Crippen LogP contribution in [0.25, 0.3) is 0 Å². The third kappa shape index (κ3) is 2.50. The van der Waals surface area contributed by atoms with Crippen molar-refractivity contribution in [3.05, 3.63) is 23.8 Å². The number of fused-ring (bicyclic) bond motifs is 1. The van der Waals surface area contributed by atoms with Gasteiger partial charge >= 0.3 is 0 Å². The molecule has 1 N–H and O–H groups in total. The lowest BCUT2D eigenvalue weighted by molar-refractivity contribution is -0.118. The van der Waals surface area contributed by atoms with E-state index in [1.165, 1.54) is 0 Å². The number of carbonyl (C=O) groups is 1. The van der Waals surface area contributed by atoms with E-state index >= 15 is 0 Å². The number of hydrogen-bond acceptors (Lipinski definition) is 3. The Morgan fingerprint density at radius 2 is 2.35 bits per heavy atom. The van der Waals surface area contributed by atoms with Crippen molar-refractivity contribution in [1.82, 2.24) is 0 Å². The summed E-state index contributed by atoms with van der Waals surface area (Å²) in [5.41, 5.74) is 1.71. The first-order chi connectivity index (χ1) is 9.69. The molecule has 0 aromatic heterocycles. The fourth-order valence-corrected chi connectivity index (χ4v) is 3.36. The number of nitrogens with one attached hydrogen (secondary N) is 1. The van der Waals surface area contributed by atoms with Crippen LogP contribution in [0, 0.1) is 5.92 Å². The minimum absolute atomic E-state index is 0.0744. The Morgan fingerprint density at radius 1 is 1.50 bits per heavy atom. The second-order valence-electron chi connectivity index (χ2n) is 5.26. The van der Waals surface area contributed by atoms with Crippen LogP contribution >= 0.6 is 11.6 Å². The molecule has 3 rings (SSSR count). The summed E-state index contributed by atoms with van der Waals surface area (Å²) in [6.07, 6.45) is 2.17. The van der Waals surface area contributed by atoms with Gasteiger partial charge in [0.1, 0.15) is 5.75 Å². The van der Waals surface area contributed by atoms with Crippen molar-refractivity contribution in [3.63, 3.8) is 0 Å². The SMILES string of the molecule is CCC1OCCC1C(Cl)c1ccc2c(c1)NC(=O)CO2. The summed E-state index contributed by atoms with van der Waals surface area (Å²) in [4.78, 5) is 11.4. The zero-order valence-electron chi connectivity index (χ0n) is 11.4. The van der Waals surface area contributed by atoms with E-state index in [9.17, 15) is 4.79 Å². The van der Waals surface area contributed by atoms with Crippen LogP contribution in [0.5, 0.6) is 5.75 Å². The fourth-order valence-electron chi connectivity index (χ4n) is 2.94. The summed E-state index contributed by atoms with van der Waals surface area (Å²) in [7, 11) is 0. The van der Waals surface area contributed by atoms with Crippen LogP contribution in [0.15, 0.2) is 18.2 Å². The third-order valence-corrected chi connectivity index (χ3v) is 4.57. The molecule has 0 radical (unpaired) electrons. The summed E-state index contributed by atoms with van der Waals surface area (Å²) in [6.45, 7) is 2.97. The van der Waals surface area contributed by atoms with Gasteiger partial charge in [-0.1, -0.05) is 13.0 Å². The molecule has 1 amide bonds. The van der Waals surface area contributed by atoms with E-state index in [0.717, 1.165) is 25.0 Å². The van der Waals surface area contributed by atoms with E-state index in [1.54, 1.807) is 0 Å². The highest BCUT2D eigenvalue weighted by atomic mass is 35.5. The number of anilines is 1. The molecule has 2 aliphatic rings. The quantitative estimate of drug-likeness (QED) is 0.872. The lowest BCUT2D eigenvalue weighted by Crippen LogP contribution is -2.25. The van der Waals surface area contributed by atoms with E-state index in [0.29, 0.717) is 17.4 Å². The topological polar surface area (TPSA) is 47.6 Å². The van der Waals surface area contributed by atoms with Crippen molar-refractivity contribution in [2.75, 3.05) is 18.5 Å². The molecule has 0 saturated carbocycles. The molecule has 1 aromatic rings. The van der Waals surface area contributed by atoms with Crippen molar-refractivity contribution in [1.29, 1.82) is 0 Å². The molecule has 108 valence electrons. The highest BCUT2D eigenvalue weighted by Gasteiger charge is 2.33. The minimum Gasteiger partial charge on any atom is -0.482 e. The van der Waals surface area contributed by atoms with Gasteiger partial charge in [-0.2, -0.15) is 0 Å². The molecule has 0 spiro atoms. The predicted molar refractivity (Wildman–Crippen MR) is 77.3 cm³/mol. The van der Waals surface area contributed by atoms with Gasteiger partial charge in [-0.05, 0) is 30.5 Å². The Morgan fingerprint density at radius 3 is 3.15 bits per heavy atom. The summed E-state index contributed by atoms with van der Waals surface area (Å²) in [5.74, 6) is 0.892. The monoisotopic (exact) mass is 295 g/mol. The smallest absolute Gasteiger partial charge is 0.262 e. The number of carbonyl (C=O) groups excluding carboxylic acids is 1. The molecule has 2 heterocycles. The van der Waals surface area contributed by atoms with Crippen molar-refractivity contribution < 1.29 is 14.3 Å². The van der Waals surface area contributed by atoms with E-state index in [-0.39, 0.29) is 24.0 Å². The van der Waals surface area contributed by atoms with Gasteiger partial charge < -0.3 is 14.8 Å². The van der Waals surface area contributed by atoms with E-state index < -0.39 is 0 Å². The molecule has 4 nitrogen and oxygen atoms in total. The molecule has 3 atom stereocenters. The number of alkyl halides is 1. The number of halogens is 1. The van der Waals surface area contributed by atoms with Gasteiger partial charge in [-0.3, -0.25) is 4.79 Å². The Bertz CT molecular complexity index is 520. The van der Waals surface area contributed by atoms with Crippen LogP contribution in [0.4, 0.5) is 5.69 Å². The average molecular weight is 296 g/mol. The first kappa shape index (κ1) is 13.7. The van der Waals surface area contributed by atoms with Gasteiger partial charge in [0, 0.05) is 12.5 Å². The van der Waals surface area contributed by atoms with E-state index in [4.69, 9.17) is 21.1 Å². The Labute approximate surface area is 123 Å². The highest BCUT2D eigenvalue weighted by molar-refractivity contribution is 6.21. The number of ether oxygens (including phenoxy) is 2. The molecular formula is C15H18ClNO3. The van der Waals surface area contributed by atoms with Crippen molar-refractivity contribution in [3.8, 4) is 5.75 Å². The van der Waals surface area contributed by atoms with Crippen molar-refractivity contribution in [2.45, 2.75) is 31.2 Å². The van der Waals surface area contributed by atoms with Crippen LogP contribution in [-0.2, 0) is 9.53 Å². The maximum atomic E-state index is 11.4. The molecular weight excluding hydrogens is 278 g/mol. The first-order valence-electron chi connectivity index (χ1n) is 7.01. The average Bonchev–Trinajstić information content (AvgIpc) is 2.94. The fraction of sp³-hybridized carbons (Fsp3) is 0.533. The maximum absolute atomic E-state index is 11.4. The Balaban J connectivity index is 1.83. The molecule has 2 aliphatic heterocycles. The van der Waals surface area contributed by atoms with E-state index in [2.05, 4.69) is 12.2 Å². The number of benzene rings is 1. The molecule has 0 aliphatic carbocycles. The molecule has 0 bridgehead atoms. The lowest BCUT2D eigenvalue weighted by atomic mass is 9.91. The molecule has 1 aromatic carbocycles. The lowest BCUT2D eigenvalue weighted by Gasteiger charge is -2.24. The number of rotatable bonds is 3. The van der Waals surface area contributed by atoms with Gasteiger partial charge in [0.15, 0.2) is 6.61 Å². The summed E-state index contributed by atoms with van der Waals surface area (Å²) in [6, 6.07) is 5.75. The summed E-state index contributed by atoms with van der Waals surface area (Å²) in [5, 5.41) is 2.71. The van der Waals surface area contributed by atoms with Crippen molar-refractivity contribution in [2.24, 2.45) is 5.92 Å². The molecule has 1 saturated heterocycles. The Kier molecular flexibility index (Phi) is 3.85. The first-order valence-corrected chi connectivity index (χ1v) is 7.45. The van der Waals surface area contributed by atoms with Crippen LogP contribution in [0.1, 0.15) is 30.7 Å². The number of hydrogen-bond donors (Lipinski definition) is 1. The minimum atomic E-state index is -0.128. The number of amides is 1. The standard InChI is InChI=1S/C15H18ClNO3/c1-2-12-10(5-6-19-12)15(16)9-3-4-13-11(7-9)17-14(18)8-20-13/h3-4,7,10,12,15H,2,5-6,8H2,1H3,(H,17,18). The van der Waals surface area contributed by atoms with Crippen LogP contribution in [-0.4, -0.2) is 25.2 Å². The molecule has 20 heavy (non-hydrogen) atoms. The van der Waals surface area contributed by atoms with E-state index in [1.807, 2.05) is 18.2 Å². The maximum Gasteiger partial charge on any atom is 0.262 e. The van der Waals surface area contributed by atoms with Gasteiger partial charge in [0.05, 0.1) is 17.2 Å². The second-order valence-corrected chi connectivity index (χ2v) is 5.73. The van der Waals surface area contributed by atoms with Crippen LogP contribution < -0.4 is 10.1 Å². The summed E-state index contributed by atoms with van der Waals surface area (Å²) >= 11 is 6.63. The second kappa shape index (κ2) is 5.62. The molecule has 3 unspecified atom stereocenters. The van der Waals surface area contributed by atoms with Crippen LogP contribution in [0.3, 0.4) is 0 Å². The largest absolute Gasteiger partial charge is 0.482 e. The molecule has 5 heteroatoms. The van der Waals surface area contributed by atoms with Crippen LogP contribution in [0.2, 0.25) is 0 Å². The Hall–Kier alpha value is -1.26. The zero-order valence-corrected chi connectivity index (χ0v) is 12.2.